The highest BCUT2D eigenvalue weighted by molar-refractivity contribution is 5.78. The molecule has 0 unspecified atom stereocenters. The molecule has 0 aliphatic rings. The van der Waals surface area contributed by atoms with E-state index in [0.29, 0.717) is 16.5 Å². The molecule has 2 rings (SSSR count). The Hall–Kier alpha value is -2.37. The maximum Gasteiger partial charge on any atom is 0.404 e. The second-order valence-electron chi connectivity index (χ2n) is 3.84. The lowest BCUT2D eigenvalue weighted by Gasteiger charge is -2.03. The van der Waals surface area contributed by atoms with Crippen LogP contribution in [0.3, 0.4) is 0 Å². The number of aromatic nitrogens is 1. The van der Waals surface area contributed by atoms with Gasteiger partial charge in [-0.2, -0.15) is 0 Å². The normalized spacial score (nSPS) is 10.5. The highest BCUT2D eigenvalue weighted by Gasteiger charge is 2.04. The molecule has 0 aliphatic carbocycles. The number of halogens is 1. The van der Waals surface area contributed by atoms with Crippen LogP contribution in [0.5, 0.6) is 0 Å². The molecule has 6 heteroatoms. The van der Waals surface area contributed by atoms with Crippen molar-refractivity contribution < 1.29 is 14.3 Å². The summed E-state index contributed by atoms with van der Waals surface area (Å²) >= 11 is 0. The average molecular weight is 250 g/mol. The van der Waals surface area contributed by atoms with Crippen molar-refractivity contribution in [2.45, 2.75) is 6.42 Å². The van der Waals surface area contributed by atoms with Crippen LogP contribution in [-0.2, 0) is 6.42 Å². The van der Waals surface area contributed by atoms with Crippen molar-refractivity contribution >= 4 is 17.0 Å². The van der Waals surface area contributed by atoms with Crippen molar-refractivity contribution in [3.05, 3.63) is 46.0 Å². The number of benzene rings is 1. The number of carboxylic acid groups (broad SMARTS) is 1. The van der Waals surface area contributed by atoms with Gasteiger partial charge < -0.3 is 15.4 Å². The SMILES string of the molecule is O=C(O)NCCc1cc2ccc(F)cc2[nH]c1=O. The van der Waals surface area contributed by atoms with Crippen LogP contribution in [-0.4, -0.2) is 22.7 Å². The van der Waals surface area contributed by atoms with Gasteiger partial charge >= 0.3 is 6.09 Å². The van der Waals surface area contributed by atoms with Gasteiger partial charge in [0.05, 0.1) is 5.52 Å². The molecule has 1 aromatic heterocycles. The average Bonchev–Trinajstić information content (AvgIpc) is 2.29. The smallest absolute Gasteiger partial charge is 0.404 e. The minimum Gasteiger partial charge on any atom is -0.465 e. The second-order valence-corrected chi connectivity index (χ2v) is 3.84. The molecular weight excluding hydrogens is 239 g/mol. The van der Waals surface area contributed by atoms with Gasteiger partial charge in [-0.05, 0) is 36.1 Å². The largest absolute Gasteiger partial charge is 0.465 e. The maximum absolute atomic E-state index is 13.0. The van der Waals surface area contributed by atoms with Crippen molar-refractivity contribution in [2.24, 2.45) is 0 Å². The van der Waals surface area contributed by atoms with Crippen LogP contribution in [0.25, 0.3) is 10.9 Å². The molecule has 0 bridgehead atoms. The number of carbonyl (C=O) groups is 1. The second kappa shape index (κ2) is 4.87. The van der Waals surface area contributed by atoms with Gasteiger partial charge in [-0.1, -0.05) is 0 Å². The minimum absolute atomic E-state index is 0.158. The first-order valence-electron chi connectivity index (χ1n) is 5.34. The Bertz CT molecular complexity index is 651. The monoisotopic (exact) mass is 250 g/mol. The Balaban J connectivity index is 2.29. The molecule has 0 atom stereocenters. The zero-order chi connectivity index (χ0) is 13.1. The number of fused-ring (bicyclic) bond motifs is 1. The Morgan fingerprint density at radius 3 is 2.89 bits per heavy atom. The van der Waals surface area contributed by atoms with Gasteiger partial charge in [0, 0.05) is 12.1 Å². The zero-order valence-electron chi connectivity index (χ0n) is 9.37. The van der Waals surface area contributed by atoms with E-state index in [1.54, 1.807) is 12.1 Å². The van der Waals surface area contributed by atoms with Crippen LogP contribution in [0.4, 0.5) is 9.18 Å². The number of amides is 1. The van der Waals surface area contributed by atoms with E-state index in [1.807, 2.05) is 0 Å². The minimum atomic E-state index is -1.13. The van der Waals surface area contributed by atoms with Gasteiger partial charge in [0.15, 0.2) is 0 Å². The Kier molecular flexibility index (Phi) is 3.27. The van der Waals surface area contributed by atoms with Crippen LogP contribution in [0, 0.1) is 5.82 Å². The summed E-state index contributed by atoms with van der Waals surface area (Å²) in [6.45, 7) is 0.158. The van der Waals surface area contributed by atoms with Crippen LogP contribution >= 0.6 is 0 Å². The molecular formula is C12H11FN2O3. The van der Waals surface area contributed by atoms with E-state index in [-0.39, 0.29) is 18.5 Å². The topological polar surface area (TPSA) is 82.2 Å². The molecule has 3 N–H and O–H groups in total. The fourth-order valence-corrected chi connectivity index (χ4v) is 1.71. The van der Waals surface area contributed by atoms with E-state index in [0.717, 1.165) is 0 Å². The first-order chi connectivity index (χ1) is 8.56. The van der Waals surface area contributed by atoms with Gasteiger partial charge in [-0.3, -0.25) is 4.79 Å². The fraction of sp³-hybridized carbons (Fsp3) is 0.167. The number of nitrogens with one attached hydrogen (secondary N) is 2. The summed E-state index contributed by atoms with van der Waals surface area (Å²) in [5.74, 6) is -0.418. The summed E-state index contributed by atoms with van der Waals surface area (Å²) in [4.78, 5) is 24.5. The number of H-pyrrole nitrogens is 1. The number of hydrogen-bond donors (Lipinski definition) is 3. The molecule has 0 saturated carbocycles. The van der Waals surface area contributed by atoms with Gasteiger partial charge in [0.2, 0.25) is 0 Å². The lowest BCUT2D eigenvalue weighted by atomic mass is 10.1. The molecule has 18 heavy (non-hydrogen) atoms. The summed E-state index contributed by atoms with van der Waals surface area (Å²) in [5.41, 5.74) is 0.554. The Morgan fingerprint density at radius 1 is 1.39 bits per heavy atom. The van der Waals surface area contributed by atoms with Gasteiger partial charge in [-0.25, -0.2) is 9.18 Å². The van der Waals surface area contributed by atoms with Gasteiger partial charge in [0.1, 0.15) is 5.82 Å². The standard InChI is InChI=1S/C12H11FN2O3/c13-9-2-1-7-5-8(3-4-14-12(17)18)11(16)15-10(7)6-9/h1-2,5-6,14H,3-4H2,(H,15,16)(H,17,18). The maximum atomic E-state index is 13.0. The van der Waals surface area contributed by atoms with E-state index >= 15 is 0 Å². The zero-order valence-corrected chi connectivity index (χ0v) is 9.37. The van der Waals surface area contributed by atoms with Crippen LogP contribution < -0.4 is 10.9 Å². The van der Waals surface area contributed by atoms with E-state index < -0.39 is 11.9 Å². The van der Waals surface area contributed by atoms with Crippen molar-refractivity contribution in [1.29, 1.82) is 0 Å². The molecule has 1 amide bonds. The lowest BCUT2D eigenvalue weighted by Crippen LogP contribution is -2.25. The number of hydrogen-bond acceptors (Lipinski definition) is 2. The molecule has 0 spiro atoms. The fourth-order valence-electron chi connectivity index (χ4n) is 1.71. The molecule has 2 aromatic rings. The van der Waals surface area contributed by atoms with Crippen molar-refractivity contribution in [3.63, 3.8) is 0 Å². The Labute approximate surface area is 101 Å². The van der Waals surface area contributed by atoms with Crippen molar-refractivity contribution in [1.82, 2.24) is 10.3 Å². The van der Waals surface area contributed by atoms with Crippen LogP contribution in [0.1, 0.15) is 5.56 Å². The first kappa shape index (κ1) is 12.1. The van der Waals surface area contributed by atoms with E-state index in [2.05, 4.69) is 10.3 Å². The van der Waals surface area contributed by atoms with E-state index in [1.165, 1.54) is 12.1 Å². The quantitative estimate of drug-likeness (QED) is 0.771. The summed E-state index contributed by atoms with van der Waals surface area (Å²) < 4.78 is 13.0. The first-order valence-corrected chi connectivity index (χ1v) is 5.34. The highest BCUT2D eigenvalue weighted by Crippen LogP contribution is 2.12. The number of rotatable bonds is 3. The van der Waals surface area contributed by atoms with Gasteiger partial charge in [0.25, 0.3) is 5.56 Å². The summed E-state index contributed by atoms with van der Waals surface area (Å²) in [7, 11) is 0. The highest BCUT2D eigenvalue weighted by atomic mass is 19.1. The third-order valence-corrected chi connectivity index (χ3v) is 2.56. The van der Waals surface area contributed by atoms with Crippen LogP contribution in [0.15, 0.2) is 29.1 Å². The van der Waals surface area contributed by atoms with Crippen LogP contribution in [0.2, 0.25) is 0 Å². The predicted octanol–water partition coefficient (Wildman–Crippen LogP) is 1.48. The molecule has 5 nitrogen and oxygen atoms in total. The van der Waals surface area contributed by atoms with E-state index in [4.69, 9.17) is 5.11 Å². The molecule has 0 saturated heterocycles. The molecule has 0 radical (unpaired) electrons. The van der Waals surface area contributed by atoms with Gasteiger partial charge in [-0.15, -0.1) is 0 Å². The molecule has 94 valence electrons. The summed E-state index contributed by atoms with van der Waals surface area (Å²) in [6.07, 6.45) is -0.844. The third-order valence-electron chi connectivity index (χ3n) is 2.56. The third kappa shape index (κ3) is 2.65. The summed E-state index contributed by atoms with van der Waals surface area (Å²) in [5, 5.41) is 11.3. The predicted molar refractivity (Wildman–Crippen MR) is 64.3 cm³/mol. The molecule has 1 aromatic carbocycles. The molecule has 1 heterocycles. The Morgan fingerprint density at radius 2 is 2.17 bits per heavy atom. The molecule has 0 fully saturated rings. The summed E-state index contributed by atoms with van der Waals surface area (Å²) in [6, 6.07) is 5.75. The number of pyridine rings is 1. The van der Waals surface area contributed by atoms with Crippen molar-refractivity contribution in [3.8, 4) is 0 Å². The lowest BCUT2D eigenvalue weighted by molar-refractivity contribution is 0.194. The van der Waals surface area contributed by atoms with E-state index in [9.17, 15) is 14.0 Å². The molecule has 0 aliphatic heterocycles. The number of aromatic amines is 1. The van der Waals surface area contributed by atoms with Crippen molar-refractivity contribution in [2.75, 3.05) is 6.54 Å².